The van der Waals surface area contributed by atoms with Crippen molar-refractivity contribution in [1.29, 1.82) is 0 Å². The zero-order chi connectivity index (χ0) is 14.2. The molecule has 20 heavy (non-hydrogen) atoms. The van der Waals surface area contributed by atoms with Crippen LogP contribution in [0.3, 0.4) is 0 Å². The average Bonchev–Trinajstić information content (AvgIpc) is 2.48. The summed E-state index contributed by atoms with van der Waals surface area (Å²) in [7, 11) is 0. The van der Waals surface area contributed by atoms with E-state index in [1.54, 1.807) is 0 Å². The maximum Gasteiger partial charge on any atom is 0.0594 e. The van der Waals surface area contributed by atoms with Crippen LogP contribution in [0, 0.1) is 0 Å². The topological polar surface area (TPSA) is 44.7 Å². The van der Waals surface area contributed by atoms with Crippen LogP contribution in [0.25, 0.3) is 0 Å². The van der Waals surface area contributed by atoms with Gasteiger partial charge in [0.05, 0.1) is 19.3 Å². The molecule has 0 amide bonds. The third kappa shape index (κ3) is 5.21. The Labute approximate surface area is 121 Å². The van der Waals surface area contributed by atoms with Crippen LogP contribution < -0.4 is 5.32 Å². The van der Waals surface area contributed by atoms with Gasteiger partial charge in [-0.1, -0.05) is 30.3 Å². The number of morpholine rings is 1. The fourth-order valence-electron chi connectivity index (χ4n) is 2.59. The Kier molecular flexibility index (Phi) is 6.47. The average molecular weight is 278 g/mol. The minimum absolute atomic E-state index is 0.220. The molecule has 1 aliphatic heterocycles. The van der Waals surface area contributed by atoms with Crippen LogP contribution in [-0.2, 0) is 4.74 Å². The van der Waals surface area contributed by atoms with Crippen LogP contribution in [0.4, 0.5) is 0 Å². The van der Waals surface area contributed by atoms with Crippen LogP contribution in [0.1, 0.15) is 24.9 Å². The maximum atomic E-state index is 9.67. The summed E-state index contributed by atoms with van der Waals surface area (Å²) >= 11 is 0. The van der Waals surface area contributed by atoms with Gasteiger partial charge in [-0.2, -0.15) is 0 Å². The smallest absolute Gasteiger partial charge is 0.0594 e. The summed E-state index contributed by atoms with van der Waals surface area (Å²) in [5, 5.41) is 13.2. The summed E-state index contributed by atoms with van der Waals surface area (Å²) in [6.07, 6.45) is 0.448. The predicted molar refractivity (Wildman–Crippen MR) is 80.7 cm³/mol. The zero-order valence-corrected chi connectivity index (χ0v) is 12.3. The minimum atomic E-state index is -0.295. The summed E-state index contributed by atoms with van der Waals surface area (Å²) in [5.74, 6) is 0. The Morgan fingerprint density at radius 2 is 1.95 bits per heavy atom. The van der Waals surface area contributed by atoms with E-state index in [0.29, 0.717) is 0 Å². The Balaban J connectivity index is 1.81. The van der Waals surface area contributed by atoms with Gasteiger partial charge in [-0.05, 0) is 18.9 Å². The molecular weight excluding hydrogens is 252 g/mol. The van der Waals surface area contributed by atoms with E-state index in [-0.39, 0.29) is 12.1 Å². The molecule has 2 N–H and O–H groups in total. The molecule has 2 unspecified atom stereocenters. The lowest BCUT2D eigenvalue weighted by Crippen LogP contribution is -2.41. The Morgan fingerprint density at radius 1 is 1.25 bits per heavy atom. The molecule has 0 aliphatic carbocycles. The standard InChI is InChI=1S/C16H26N2O2/c1-14(19)13-16(15-5-3-2-4-6-15)17-7-8-18-9-11-20-12-10-18/h2-6,14,16-17,19H,7-13H2,1H3. The molecule has 2 rings (SSSR count). The summed E-state index contributed by atoms with van der Waals surface area (Å²) in [6.45, 7) is 7.55. The Morgan fingerprint density at radius 3 is 2.60 bits per heavy atom. The van der Waals surface area contributed by atoms with Gasteiger partial charge in [0.25, 0.3) is 0 Å². The normalized spacial score (nSPS) is 19.7. The van der Waals surface area contributed by atoms with Gasteiger partial charge in [-0.25, -0.2) is 0 Å². The van der Waals surface area contributed by atoms with Crippen LogP contribution in [0.15, 0.2) is 30.3 Å². The molecule has 1 aromatic rings. The van der Waals surface area contributed by atoms with Crippen molar-refractivity contribution < 1.29 is 9.84 Å². The van der Waals surface area contributed by atoms with Gasteiger partial charge in [0, 0.05) is 32.2 Å². The number of aliphatic hydroxyl groups is 1. The minimum Gasteiger partial charge on any atom is -0.393 e. The number of aliphatic hydroxyl groups excluding tert-OH is 1. The second-order valence-corrected chi connectivity index (χ2v) is 5.46. The Bertz CT molecular complexity index is 364. The van der Waals surface area contributed by atoms with Gasteiger partial charge in [-0.15, -0.1) is 0 Å². The van der Waals surface area contributed by atoms with Crippen molar-refractivity contribution in [3.05, 3.63) is 35.9 Å². The molecule has 2 atom stereocenters. The highest BCUT2D eigenvalue weighted by atomic mass is 16.5. The number of nitrogens with zero attached hydrogens (tertiary/aromatic N) is 1. The second kappa shape index (κ2) is 8.37. The van der Waals surface area contributed by atoms with Crippen molar-refractivity contribution >= 4 is 0 Å². The highest BCUT2D eigenvalue weighted by molar-refractivity contribution is 5.19. The van der Waals surface area contributed by atoms with Crippen LogP contribution in [0.2, 0.25) is 0 Å². The lowest BCUT2D eigenvalue weighted by Gasteiger charge is -2.28. The summed E-state index contributed by atoms with van der Waals surface area (Å²) in [5.41, 5.74) is 1.25. The highest BCUT2D eigenvalue weighted by Gasteiger charge is 2.15. The van der Waals surface area contributed by atoms with Gasteiger partial charge in [0.1, 0.15) is 0 Å². The van der Waals surface area contributed by atoms with E-state index in [2.05, 4.69) is 22.3 Å². The molecule has 4 nitrogen and oxygen atoms in total. The van der Waals surface area contributed by atoms with Crippen molar-refractivity contribution in [2.75, 3.05) is 39.4 Å². The first kappa shape index (κ1) is 15.4. The van der Waals surface area contributed by atoms with Gasteiger partial charge in [-0.3, -0.25) is 4.90 Å². The molecule has 1 saturated heterocycles. The fourth-order valence-corrected chi connectivity index (χ4v) is 2.59. The molecule has 1 fully saturated rings. The van der Waals surface area contributed by atoms with Crippen molar-refractivity contribution in [2.45, 2.75) is 25.5 Å². The van der Waals surface area contributed by atoms with Crippen molar-refractivity contribution in [2.24, 2.45) is 0 Å². The van der Waals surface area contributed by atoms with E-state index in [4.69, 9.17) is 4.74 Å². The van der Waals surface area contributed by atoms with Gasteiger partial charge in [0.2, 0.25) is 0 Å². The molecule has 1 heterocycles. The summed E-state index contributed by atoms with van der Waals surface area (Å²) in [6, 6.07) is 10.6. The van der Waals surface area contributed by atoms with Crippen LogP contribution in [0.5, 0.6) is 0 Å². The van der Waals surface area contributed by atoms with E-state index >= 15 is 0 Å². The quantitative estimate of drug-likeness (QED) is 0.792. The van der Waals surface area contributed by atoms with E-state index in [9.17, 15) is 5.11 Å². The van der Waals surface area contributed by atoms with E-state index < -0.39 is 0 Å². The van der Waals surface area contributed by atoms with E-state index in [1.807, 2.05) is 25.1 Å². The number of hydrogen-bond donors (Lipinski definition) is 2. The number of nitrogens with one attached hydrogen (secondary N) is 1. The largest absolute Gasteiger partial charge is 0.393 e. The predicted octanol–water partition coefficient (Wildman–Crippen LogP) is 1.42. The molecule has 0 radical (unpaired) electrons. The second-order valence-electron chi connectivity index (χ2n) is 5.46. The maximum absolute atomic E-state index is 9.67. The molecule has 1 aliphatic rings. The van der Waals surface area contributed by atoms with Gasteiger partial charge >= 0.3 is 0 Å². The molecule has 0 aromatic heterocycles. The fraction of sp³-hybridized carbons (Fsp3) is 0.625. The molecule has 0 bridgehead atoms. The molecule has 112 valence electrons. The van der Waals surface area contributed by atoms with Gasteiger partial charge < -0.3 is 15.2 Å². The lowest BCUT2D eigenvalue weighted by molar-refractivity contribution is 0.0379. The zero-order valence-electron chi connectivity index (χ0n) is 12.3. The van der Waals surface area contributed by atoms with E-state index in [1.165, 1.54) is 5.56 Å². The van der Waals surface area contributed by atoms with Crippen molar-refractivity contribution in [3.8, 4) is 0 Å². The van der Waals surface area contributed by atoms with Crippen LogP contribution >= 0.6 is 0 Å². The first-order chi connectivity index (χ1) is 9.75. The molecule has 0 saturated carbocycles. The molecular formula is C16H26N2O2. The Hall–Kier alpha value is -0.940. The third-order valence-electron chi connectivity index (χ3n) is 3.70. The molecule has 0 spiro atoms. The number of ether oxygens (including phenoxy) is 1. The number of hydrogen-bond acceptors (Lipinski definition) is 4. The lowest BCUT2D eigenvalue weighted by atomic mass is 10.0. The van der Waals surface area contributed by atoms with Crippen LogP contribution in [-0.4, -0.2) is 55.5 Å². The van der Waals surface area contributed by atoms with Crippen molar-refractivity contribution in [1.82, 2.24) is 10.2 Å². The highest BCUT2D eigenvalue weighted by Crippen LogP contribution is 2.18. The molecule has 1 aromatic carbocycles. The van der Waals surface area contributed by atoms with Crippen molar-refractivity contribution in [3.63, 3.8) is 0 Å². The summed E-state index contributed by atoms with van der Waals surface area (Å²) in [4.78, 5) is 2.42. The summed E-state index contributed by atoms with van der Waals surface area (Å²) < 4.78 is 5.35. The molecule has 4 heteroatoms. The SMILES string of the molecule is CC(O)CC(NCCN1CCOCC1)c1ccccc1. The number of benzene rings is 1. The third-order valence-corrected chi connectivity index (χ3v) is 3.70. The van der Waals surface area contributed by atoms with Gasteiger partial charge in [0.15, 0.2) is 0 Å². The monoisotopic (exact) mass is 278 g/mol. The number of rotatable bonds is 7. The van der Waals surface area contributed by atoms with E-state index in [0.717, 1.165) is 45.8 Å². The first-order valence-electron chi connectivity index (χ1n) is 7.52. The first-order valence-corrected chi connectivity index (χ1v) is 7.52.